The fourth-order valence-electron chi connectivity index (χ4n) is 0. The minimum Gasteiger partial charge on any atom is -0.303 e. The Hall–Kier alpha value is -0.330. The van der Waals surface area contributed by atoms with Crippen molar-refractivity contribution in [2.45, 2.75) is 13.7 Å². The van der Waals surface area contributed by atoms with Crippen LogP contribution in [0.2, 0.25) is 0 Å². The highest BCUT2D eigenvalue weighted by molar-refractivity contribution is 5.51. The van der Waals surface area contributed by atoms with Crippen LogP contribution in [0, 0.1) is 5.89 Å². The van der Waals surface area contributed by atoms with Crippen molar-refractivity contribution in [1.29, 1.82) is 0 Å². The molecule has 1 heteroatoms. The molecular weight excluding hydrogens is 64.0 g/mol. The molecule has 0 N–H and O–H groups in total. The first-order chi connectivity index (χ1) is 5.44. The van der Waals surface area contributed by atoms with Crippen LogP contribution < -0.4 is 0 Å². The molecule has 0 aromatic heterocycles. The quantitative estimate of drug-likeness (QED) is 0.426. The van der Waals surface area contributed by atoms with Gasteiger partial charge in [-0.2, -0.15) is 0 Å². The Morgan fingerprint density at radius 2 is 3.00 bits per heavy atom. The van der Waals surface area contributed by atoms with Gasteiger partial charge in [0.2, 0.25) is 0 Å². The van der Waals surface area contributed by atoms with Gasteiger partial charge in [0, 0.05) is 15.5 Å². The van der Waals surface area contributed by atoms with Gasteiger partial charge in [0.05, 0.1) is 0 Å². The summed E-state index contributed by atoms with van der Waals surface area (Å²) in [5.74, 6) is -3.35. The minimum atomic E-state index is -3.35. The molecule has 0 aliphatic rings. The van der Waals surface area contributed by atoms with Gasteiger partial charge in [0.25, 0.3) is 0 Å². The van der Waals surface area contributed by atoms with E-state index in [2.05, 4.69) is 0 Å². The van der Waals surface area contributed by atoms with Crippen molar-refractivity contribution < 1.29 is 15.8 Å². The molecule has 0 spiro atoms. The number of hydrogen-bond donors (Lipinski definition) is 0. The maximum atomic E-state index is 10.5. The second kappa shape index (κ2) is 1.94. The highest BCUT2D eigenvalue weighted by Gasteiger charge is 1.79. The molecule has 0 aromatic rings. The lowest BCUT2D eigenvalue weighted by Crippen LogP contribution is -1.82. The average molecular weight is 80.2 g/mol. The molecule has 30 valence electrons. The van der Waals surface area contributed by atoms with Gasteiger partial charge in [-0.3, -0.25) is 0 Å². The molecule has 0 aromatic carbocycles. The number of carbonyl (C=O) groups excluding carboxylic acids is 1. The van der Waals surface area contributed by atoms with Crippen molar-refractivity contribution >= 4 is 6.26 Å². The molecule has 0 rings (SSSR count). The predicted octanol–water partition coefficient (Wildman–Crippen LogP) is 0.841. The zero-order valence-corrected chi connectivity index (χ0v) is 2.41. The molecule has 0 atom stereocenters. The van der Waals surface area contributed by atoms with Crippen LogP contribution in [0.1, 0.15) is 24.7 Å². The summed E-state index contributed by atoms with van der Waals surface area (Å²) in [6.45, 7) is -6.64. The van der Waals surface area contributed by atoms with Gasteiger partial charge >= 0.3 is 0 Å². The van der Waals surface area contributed by atoms with Crippen molar-refractivity contribution in [3.63, 3.8) is 0 Å². The Labute approximate surface area is 43.2 Å². The van der Waals surface area contributed by atoms with Crippen molar-refractivity contribution in [3.05, 3.63) is 0 Å². The minimum absolute atomic E-state index is 1.92. The number of hydrogen-bond acceptors (Lipinski definition) is 1. The Kier molecular flexibility index (Phi) is 0.179. The number of aldehydes is 1. The molecule has 5 heavy (non-hydrogen) atoms. The molecular formula is C4H8O. The number of rotatable bonds is 1. The summed E-state index contributed by atoms with van der Waals surface area (Å²) in [5.41, 5.74) is 0. The summed E-state index contributed by atoms with van der Waals surface area (Å²) in [4.78, 5) is 10.5. The smallest absolute Gasteiger partial charge is 0.122 e. The third-order valence-corrected chi connectivity index (χ3v) is 0.102. The van der Waals surface area contributed by atoms with Gasteiger partial charge < -0.3 is 4.79 Å². The second-order valence-electron chi connectivity index (χ2n) is 0.477. The van der Waals surface area contributed by atoms with E-state index in [1.165, 1.54) is 0 Å². The Morgan fingerprint density at radius 3 is 3.00 bits per heavy atom. The third-order valence-electron chi connectivity index (χ3n) is 0.102. The summed E-state index contributed by atoms with van der Waals surface area (Å²) in [7, 11) is 0. The van der Waals surface area contributed by atoms with Crippen LogP contribution in [0.3, 0.4) is 0 Å². The molecule has 0 heterocycles. The van der Waals surface area contributed by atoms with E-state index >= 15 is 0 Å². The van der Waals surface area contributed by atoms with Gasteiger partial charge in [-0.05, 0) is 0 Å². The molecule has 0 saturated carbocycles. The molecule has 0 aliphatic heterocycles. The predicted molar refractivity (Wildman–Crippen MR) is 20.9 cm³/mol. The van der Waals surface area contributed by atoms with Gasteiger partial charge in [-0.1, -0.05) is 13.7 Å². The largest absolute Gasteiger partial charge is 0.303 e. The number of carbonyl (C=O) groups is 1. The second-order valence-corrected chi connectivity index (χ2v) is 0.477. The van der Waals surface area contributed by atoms with Crippen LogP contribution in [-0.2, 0) is 4.79 Å². The van der Waals surface area contributed by atoms with Crippen molar-refractivity contribution in [2.75, 3.05) is 0 Å². The van der Waals surface area contributed by atoms with Gasteiger partial charge in [-0.15, -0.1) is 0 Å². The average Bonchev–Trinajstić information content (AvgIpc) is 1.80. The monoisotopic (exact) mass is 80.1 g/mol. The van der Waals surface area contributed by atoms with Crippen molar-refractivity contribution in [3.8, 4) is 0 Å². The van der Waals surface area contributed by atoms with Crippen LogP contribution in [0.15, 0.2) is 0 Å². The normalized spacial score (nSPS) is 39.2. The molecule has 0 unspecified atom stereocenters. The maximum absolute atomic E-state index is 10.5. The third kappa shape index (κ3) is 3.67. The molecule has 0 bridgehead atoms. The van der Waals surface area contributed by atoms with E-state index in [-0.39, 0.29) is 0 Å². The van der Waals surface area contributed by atoms with Crippen LogP contribution in [0.4, 0.5) is 0 Å². The van der Waals surface area contributed by atoms with E-state index in [1.54, 1.807) is 0 Å². The van der Waals surface area contributed by atoms with Crippen LogP contribution >= 0.6 is 0 Å². The Morgan fingerprint density at radius 1 is 2.40 bits per heavy atom. The Bertz CT molecular complexity index is 197. The topological polar surface area (TPSA) is 17.1 Å². The summed E-state index contributed by atoms with van der Waals surface area (Å²) >= 11 is 0. The Balaban J connectivity index is 5.35. The van der Waals surface area contributed by atoms with E-state index in [0.717, 1.165) is 0 Å². The lowest BCUT2D eigenvalue weighted by Gasteiger charge is -1.78. The molecule has 0 aliphatic carbocycles. The fourth-order valence-corrected chi connectivity index (χ4v) is 0. The zero-order chi connectivity index (χ0) is 11.1. The van der Waals surface area contributed by atoms with Crippen LogP contribution in [0.25, 0.3) is 0 Å². The standard InChI is InChI=1S/C4H8O/c1-4(2)3-5/h3-4H,1-2H3/i1D3,2D3,3D,4D. The highest BCUT2D eigenvalue weighted by Crippen LogP contribution is 1.78. The fraction of sp³-hybridized carbons (Fsp3) is 0.750. The van der Waals surface area contributed by atoms with Crippen molar-refractivity contribution in [2.24, 2.45) is 5.89 Å². The van der Waals surface area contributed by atoms with E-state index in [1.807, 2.05) is 0 Å². The first-order valence-electron chi connectivity index (χ1n) is 4.95. The van der Waals surface area contributed by atoms with Crippen LogP contribution in [0.5, 0.6) is 0 Å². The molecule has 0 amide bonds. The summed E-state index contributed by atoms with van der Waals surface area (Å²) in [5, 5.41) is 0. The molecule has 1 nitrogen and oxygen atoms in total. The van der Waals surface area contributed by atoms with Gasteiger partial charge in [-0.25, -0.2) is 0 Å². The van der Waals surface area contributed by atoms with Crippen LogP contribution in [-0.4, -0.2) is 6.26 Å². The van der Waals surface area contributed by atoms with Gasteiger partial charge in [0.1, 0.15) is 7.63 Å². The first kappa shape index (κ1) is 0.462. The summed E-state index contributed by atoms with van der Waals surface area (Å²) < 4.78 is 53.8. The first-order valence-corrected chi connectivity index (χ1v) is 0.954. The summed E-state index contributed by atoms with van der Waals surface area (Å²) in [6, 6.07) is 0. The SMILES string of the molecule is [2H]C(=O)C([2H])(C([2H])([2H])[2H])C([2H])([2H])[2H]. The van der Waals surface area contributed by atoms with E-state index in [9.17, 15) is 4.79 Å². The molecule has 0 fully saturated rings. The van der Waals surface area contributed by atoms with E-state index < -0.39 is 25.9 Å². The lowest BCUT2D eigenvalue weighted by atomic mass is 10.3. The highest BCUT2D eigenvalue weighted by atomic mass is 16.1. The molecule has 0 saturated heterocycles. The summed E-state index contributed by atoms with van der Waals surface area (Å²) in [6.07, 6.45) is -1.92. The van der Waals surface area contributed by atoms with E-state index in [0.29, 0.717) is 0 Å². The zero-order valence-electron chi connectivity index (χ0n) is 10.4. The van der Waals surface area contributed by atoms with E-state index in [4.69, 9.17) is 11.0 Å². The lowest BCUT2D eigenvalue weighted by molar-refractivity contribution is -0.110. The molecule has 0 radical (unpaired) electrons. The maximum Gasteiger partial charge on any atom is 0.122 e. The van der Waals surface area contributed by atoms with Gasteiger partial charge in [0.15, 0.2) is 0 Å². The van der Waals surface area contributed by atoms with Crippen molar-refractivity contribution in [1.82, 2.24) is 0 Å².